The number of carbonyl (C=O) groups excluding carboxylic acids is 2. The average molecular weight is 406 g/mol. The van der Waals surface area contributed by atoms with Crippen LogP contribution in [0.25, 0.3) is 16.7 Å². The van der Waals surface area contributed by atoms with Crippen LogP contribution in [0, 0.1) is 6.92 Å². The molecule has 0 unspecified atom stereocenters. The van der Waals surface area contributed by atoms with Gasteiger partial charge in [-0.3, -0.25) is 4.79 Å². The van der Waals surface area contributed by atoms with Crippen molar-refractivity contribution in [1.29, 1.82) is 0 Å². The van der Waals surface area contributed by atoms with Crippen molar-refractivity contribution in [3.8, 4) is 5.69 Å². The molecule has 1 aliphatic heterocycles. The summed E-state index contributed by atoms with van der Waals surface area (Å²) >= 11 is 0. The monoisotopic (exact) mass is 406 g/mol. The fourth-order valence-corrected chi connectivity index (χ4v) is 4.21. The summed E-state index contributed by atoms with van der Waals surface area (Å²) in [6.45, 7) is 7.09. The normalized spacial score (nSPS) is 14.8. The average Bonchev–Trinajstić information content (AvgIpc) is 3.10. The van der Waals surface area contributed by atoms with Gasteiger partial charge >= 0.3 is 5.97 Å². The molecule has 3 heterocycles. The summed E-state index contributed by atoms with van der Waals surface area (Å²) in [7, 11) is 0. The number of ether oxygens (including phenoxy) is 1. The number of hydrogen-bond donors (Lipinski definition) is 0. The molecule has 0 saturated carbocycles. The molecule has 4 rings (SSSR count). The van der Waals surface area contributed by atoms with Gasteiger partial charge in [0, 0.05) is 25.4 Å². The van der Waals surface area contributed by atoms with Crippen LogP contribution in [0.4, 0.5) is 0 Å². The van der Waals surface area contributed by atoms with Gasteiger partial charge in [-0.15, -0.1) is 0 Å². The number of benzene rings is 1. The maximum atomic E-state index is 12.6. The smallest absolute Gasteiger partial charge is 0.357 e. The Morgan fingerprint density at radius 1 is 1.17 bits per heavy atom. The first-order valence-electron chi connectivity index (χ1n) is 10.4. The second kappa shape index (κ2) is 8.26. The van der Waals surface area contributed by atoms with Crippen molar-refractivity contribution in [3.63, 3.8) is 0 Å². The number of carbonyl (C=O) groups is 2. The van der Waals surface area contributed by atoms with Gasteiger partial charge in [0.15, 0.2) is 11.3 Å². The van der Waals surface area contributed by atoms with Gasteiger partial charge in [-0.2, -0.15) is 5.10 Å². The van der Waals surface area contributed by atoms with E-state index in [4.69, 9.17) is 9.84 Å². The number of esters is 1. The highest BCUT2D eigenvalue weighted by Crippen LogP contribution is 2.35. The molecule has 30 heavy (non-hydrogen) atoms. The summed E-state index contributed by atoms with van der Waals surface area (Å²) in [4.78, 5) is 30.8. The summed E-state index contributed by atoms with van der Waals surface area (Å²) in [6.07, 6.45) is 1.69. The number of amides is 1. The van der Waals surface area contributed by atoms with E-state index in [9.17, 15) is 9.59 Å². The van der Waals surface area contributed by atoms with Gasteiger partial charge in [-0.25, -0.2) is 14.5 Å². The number of likely N-dealkylation sites (tertiary alicyclic amines) is 1. The zero-order valence-electron chi connectivity index (χ0n) is 17.6. The number of aromatic nitrogens is 3. The molecule has 1 aromatic carbocycles. The number of rotatable bonds is 4. The van der Waals surface area contributed by atoms with E-state index in [1.807, 2.05) is 48.2 Å². The molecule has 0 spiro atoms. The fraction of sp³-hybridized carbons (Fsp3) is 0.391. The van der Waals surface area contributed by atoms with E-state index in [1.54, 1.807) is 18.5 Å². The van der Waals surface area contributed by atoms with Crippen molar-refractivity contribution in [3.05, 3.63) is 53.3 Å². The lowest BCUT2D eigenvalue weighted by molar-refractivity contribution is -0.129. The Labute approximate surface area is 175 Å². The van der Waals surface area contributed by atoms with Crippen LogP contribution in [0.3, 0.4) is 0 Å². The van der Waals surface area contributed by atoms with Crippen LogP contribution >= 0.6 is 0 Å². The highest BCUT2D eigenvalue weighted by molar-refractivity contribution is 5.93. The summed E-state index contributed by atoms with van der Waals surface area (Å²) < 4.78 is 7.03. The van der Waals surface area contributed by atoms with Crippen molar-refractivity contribution >= 4 is 22.9 Å². The van der Waals surface area contributed by atoms with Gasteiger partial charge in [0.25, 0.3) is 0 Å². The third-order valence-electron chi connectivity index (χ3n) is 5.71. The molecule has 7 nitrogen and oxygen atoms in total. The lowest BCUT2D eigenvalue weighted by Crippen LogP contribution is -2.36. The summed E-state index contributed by atoms with van der Waals surface area (Å²) in [5.74, 6) is -0.0969. The number of aryl methyl sites for hydroxylation is 1. The highest BCUT2D eigenvalue weighted by Gasteiger charge is 2.27. The highest BCUT2D eigenvalue weighted by atomic mass is 16.5. The van der Waals surface area contributed by atoms with Crippen molar-refractivity contribution in [2.45, 2.75) is 39.5 Å². The molecule has 1 aliphatic rings. The first kappa shape index (κ1) is 20.1. The number of nitrogens with zero attached hydrogens (tertiary/aromatic N) is 4. The maximum absolute atomic E-state index is 12.6. The number of piperidine rings is 1. The molecule has 0 aliphatic carbocycles. The van der Waals surface area contributed by atoms with Crippen LogP contribution < -0.4 is 0 Å². The number of pyridine rings is 1. The standard InChI is InChI=1S/C23H26N4O3/c1-4-30-23(29)20-14-19(17-10-12-26(13-11-17)16(3)28)21-15(2)25-27(22(21)24-20)18-8-6-5-7-9-18/h5-9,14,17H,4,10-13H2,1-3H3. The molecular weight excluding hydrogens is 380 g/mol. The predicted molar refractivity (Wildman–Crippen MR) is 114 cm³/mol. The minimum atomic E-state index is -0.430. The van der Waals surface area contributed by atoms with E-state index in [0.29, 0.717) is 31.0 Å². The molecule has 1 fully saturated rings. The van der Waals surface area contributed by atoms with Gasteiger partial charge in [0.05, 0.1) is 18.0 Å². The number of hydrogen-bond acceptors (Lipinski definition) is 5. The van der Waals surface area contributed by atoms with E-state index in [2.05, 4.69) is 4.98 Å². The molecule has 2 aromatic heterocycles. The molecule has 3 aromatic rings. The van der Waals surface area contributed by atoms with Gasteiger partial charge in [-0.1, -0.05) is 18.2 Å². The number of fused-ring (bicyclic) bond motifs is 1. The minimum absolute atomic E-state index is 0.105. The van der Waals surface area contributed by atoms with E-state index < -0.39 is 5.97 Å². The quantitative estimate of drug-likeness (QED) is 0.619. The number of para-hydroxylation sites is 1. The zero-order chi connectivity index (χ0) is 21.3. The van der Waals surface area contributed by atoms with Crippen LogP contribution in [-0.4, -0.2) is 51.2 Å². The molecule has 0 bridgehead atoms. The predicted octanol–water partition coefficient (Wildman–Crippen LogP) is 3.63. The van der Waals surface area contributed by atoms with E-state index in [-0.39, 0.29) is 11.8 Å². The molecule has 7 heteroatoms. The second-order valence-electron chi connectivity index (χ2n) is 7.63. The van der Waals surface area contributed by atoms with Gasteiger partial charge in [0.1, 0.15) is 0 Å². The van der Waals surface area contributed by atoms with Gasteiger partial charge < -0.3 is 9.64 Å². The summed E-state index contributed by atoms with van der Waals surface area (Å²) in [5.41, 5.74) is 3.78. The van der Waals surface area contributed by atoms with Crippen LogP contribution in [0.1, 0.15) is 54.4 Å². The van der Waals surface area contributed by atoms with Gasteiger partial charge in [-0.05, 0) is 56.4 Å². The third kappa shape index (κ3) is 3.67. The van der Waals surface area contributed by atoms with Crippen molar-refractivity contribution in [1.82, 2.24) is 19.7 Å². The van der Waals surface area contributed by atoms with E-state index in [0.717, 1.165) is 35.2 Å². The largest absolute Gasteiger partial charge is 0.461 e. The van der Waals surface area contributed by atoms with Crippen LogP contribution in [0.15, 0.2) is 36.4 Å². The lowest BCUT2D eigenvalue weighted by Gasteiger charge is -2.32. The Morgan fingerprint density at radius 2 is 1.87 bits per heavy atom. The maximum Gasteiger partial charge on any atom is 0.357 e. The molecule has 1 amide bonds. The first-order chi connectivity index (χ1) is 14.5. The Bertz CT molecular complexity index is 1080. The van der Waals surface area contributed by atoms with Crippen molar-refractivity contribution < 1.29 is 14.3 Å². The topological polar surface area (TPSA) is 77.3 Å². The van der Waals surface area contributed by atoms with Crippen molar-refractivity contribution in [2.75, 3.05) is 19.7 Å². The zero-order valence-corrected chi connectivity index (χ0v) is 17.6. The second-order valence-corrected chi connectivity index (χ2v) is 7.63. The van der Waals surface area contributed by atoms with E-state index in [1.165, 1.54) is 0 Å². The van der Waals surface area contributed by atoms with Gasteiger partial charge in [0.2, 0.25) is 5.91 Å². The Kier molecular flexibility index (Phi) is 5.53. The molecular formula is C23H26N4O3. The summed E-state index contributed by atoms with van der Waals surface area (Å²) in [6, 6.07) is 11.6. The molecule has 156 valence electrons. The van der Waals surface area contributed by atoms with Crippen LogP contribution in [0.2, 0.25) is 0 Å². The minimum Gasteiger partial charge on any atom is -0.461 e. The van der Waals surface area contributed by atoms with E-state index >= 15 is 0 Å². The summed E-state index contributed by atoms with van der Waals surface area (Å²) in [5, 5.41) is 5.72. The molecule has 0 atom stereocenters. The van der Waals surface area contributed by atoms with Crippen molar-refractivity contribution in [2.24, 2.45) is 0 Å². The fourth-order valence-electron chi connectivity index (χ4n) is 4.21. The molecule has 0 N–H and O–H groups in total. The van der Waals surface area contributed by atoms with Crippen LogP contribution in [-0.2, 0) is 9.53 Å². The Hall–Kier alpha value is -3.22. The lowest BCUT2D eigenvalue weighted by atomic mass is 9.87. The Morgan fingerprint density at radius 3 is 2.50 bits per heavy atom. The Balaban J connectivity index is 1.85. The van der Waals surface area contributed by atoms with Crippen LogP contribution in [0.5, 0.6) is 0 Å². The molecule has 1 saturated heterocycles. The third-order valence-corrected chi connectivity index (χ3v) is 5.71. The first-order valence-corrected chi connectivity index (χ1v) is 10.4. The SMILES string of the molecule is CCOC(=O)c1cc(C2CCN(C(C)=O)CC2)c2c(C)nn(-c3ccccc3)c2n1. The molecule has 0 radical (unpaired) electrons.